The van der Waals surface area contributed by atoms with Crippen LogP contribution in [0.2, 0.25) is 0 Å². The lowest BCUT2D eigenvalue weighted by molar-refractivity contribution is 0.0601. The average Bonchev–Trinajstić information content (AvgIpc) is 2.59. The van der Waals surface area contributed by atoms with Crippen LogP contribution in [0.5, 0.6) is 11.5 Å². The molecule has 0 atom stereocenters. The van der Waals surface area contributed by atoms with Crippen LogP contribution < -0.4 is 14.8 Å². The molecule has 7 heteroatoms. The Bertz CT molecular complexity index is 752. The van der Waals surface area contributed by atoms with E-state index in [1.54, 1.807) is 18.2 Å². The van der Waals surface area contributed by atoms with Gasteiger partial charge >= 0.3 is 5.97 Å². The lowest BCUT2D eigenvalue weighted by atomic mass is 10.1. The molecule has 2 aromatic carbocycles. The van der Waals surface area contributed by atoms with Gasteiger partial charge in [-0.3, -0.25) is 0 Å². The number of ether oxygens (including phenoxy) is 3. The second-order valence-electron chi connectivity index (χ2n) is 4.83. The Kier molecular flexibility index (Phi) is 6.03. The minimum Gasteiger partial charge on any atom is -0.493 e. The molecule has 0 heterocycles. The fraction of sp³-hybridized carbons (Fsp3) is 0.235. The van der Waals surface area contributed by atoms with Crippen LogP contribution in [-0.4, -0.2) is 27.3 Å². The van der Waals surface area contributed by atoms with Crippen LogP contribution in [0.4, 0.5) is 10.1 Å². The summed E-state index contributed by atoms with van der Waals surface area (Å²) >= 11 is 3.32. The minimum atomic E-state index is -0.503. The number of rotatable bonds is 6. The molecule has 2 aromatic rings. The highest BCUT2D eigenvalue weighted by molar-refractivity contribution is 9.10. The molecule has 0 aliphatic rings. The first-order chi connectivity index (χ1) is 11.5. The number of halogens is 2. The van der Waals surface area contributed by atoms with Gasteiger partial charge in [-0.15, -0.1) is 0 Å². The van der Waals surface area contributed by atoms with Crippen molar-refractivity contribution in [2.24, 2.45) is 0 Å². The predicted molar refractivity (Wildman–Crippen MR) is 92.3 cm³/mol. The molecule has 0 unspecified atom stereocenters. The molecule has 0 aliphatic heterocycles. The monoisotopic (exact) mass is 397 g/mol. The zero-order valence-corrected chi connectivity index (χ0v) is 15.1. The second kappa shape index (κ2) is 8.01. The van der Waals surface area contributed by atoms with E-state index in [4.69, 9.17) is 14.2 Å². The highest BCUT2D eigenvalue weighted by Gasteiger charge is 2.17. The van der Waals surface area contributed by atoms with Crippen molar-refractivity contribution in [1.82, 2.24) is 0 Å². The van der Waals surface area contributed by atoms with E-state index in [0.29, 0.717) is 33.8 Å². The summed E-state index contributed by atoms with van der Waals surface area (Å²) in [6.45, 7) is 0.375. The van der Waals surface area contributed by atoms with Crippen molar-refractivity contribution in [3.8, 4) is 11.5 Å². The molecule has 0 fully saturated rings. The Balaban J connectivity index is 2.35. The number of hydrogen-bond donors (Lipinski definition) is 1. The van der Waals surface area contributed by atoms with Gasteiger partial charge in [0.25, 0.3) is 0 Å². The molecule has 128 valence electrons. The fourth-order valence-electron chi connectivity index (χ4n) is 2.16. The van der Waals surface area contributed by atoms with Gasteiger partial charge in [-0.1, -0.05) is 22.0 Å². The van der Waals surface area contributed by atoms with Crippen molar-refractivity contribution >= 4 is 27.6 Å². The van der Waals surface area contributed by atoms with Crippen molar-refractivity contribution in [2.45, 2.75) is 6.54 Å². The molecular weight excluding hydrogens is 381 g/mol. The van der Waals surface area contributed by atoms with Crippen LogP contribution in [-0.2, 0) is 11.3 Å². The van der Waals surface area contributed by atoms with Gasteiger partial charge in [0, 0.05) is 23.2 Å². The first-order valence-corrected chi connectivity index (χ1v) is 7.81. The summed E-state index contributed by atoms with van der Waals surface area (Å²) in [6.07, 6.45) is 0. The highest BCUT2D eigenvalue weighted by Crippen LogP contribution is 2.34. The van der Waals surface area contributed by atoms with E-state index >= 15 is 0 Å². The lowest BCUT2D eigenvalue weighted by Gasteiger charge is -2.15. The van der Waals surface area contributed by atoms with Crippen LogP contribution in [0.1, 0.15) is 15.9 Å². The van der Waals surface area contributed by atoms with Crippen LogP contribution in [0.3, 0.4) is 0 Å². The first-order valence-electron chi connectivity index (χ1n) is 7.02. The molecule has 0 aliphatic carbocycles. The Hall–Kier alpha value is -2.28. The summed E-state index contributed by atoms with van der Waals surface area (Å²) in [5, 5.41) is 3.14. The topological polar surface area (TPSA) is 56.8 Å². The summed E-state index contributed by atoms with van der Waals surface area (Å²) in [4.78, 5) is 12.0. The standard InChI is InChI=1S/C17H17BrFNO4/c1-22-15-7-12(17(21)24-3)14(8-16(15)23-2)20-9-10-4-5-11(19)6-13(10)18/h4-8,20H,9H2,1-3H3. The predicted octanol–water partition coefficient (Wildman–Crippen LogP) is 4.00. The fourth-order valence-corrected chi connectivity index (χ4v) is 2.65. The van der Waals surface area contributed by atoms with Gasteiger partial charge in [0.05, 0.1) is 32.6 Å². The van der Waals surface area contributed by atoms with Crippen molar-refractivity contribution in [3.63, 3.8) is 0 Å². The maximum absolute atomic E-state index is 13.2. The molecule has 0 radical (unpaired) electrons. The largest absolute Gasteiger partial charge is 0.493 e. The van der Waals surface area contributed by atoms with Gasteiger partial charge in [-0.05, 0) is 17.7 Å². The Morgan fingerprint density at radius 1 is 1.12 bits per heavy atom. The number of carbonyl (C=O) groups excluding carboxylic acids is 1. The molecule has 0 saturated heterocycles. The van der Waals surface area contributed by atoms with Crippen molar-refractivity contribution in [3.05, 3.63) is 51.7 Å². The number of anilines is 1. The minimum absolute atomic E-state index is 0.313. The zero-order valence-electron chi connectivity index (χ0n) is 13.5. The van der Waals surface area contributed by atoms with Gasteiger partial charge in [-0.25, -0.2) is 9.18 Å². The lowest BCUT2D eigenvalue weighted by Crippen LogP contribution is -2.09. The number of hydrogen-bond acceptors (Lipinski definition) is 5. The molecule has 2 rings (SSSR count). The number of nitrogens with one attached hydrogen (secondary N) is 1. The van der Waals surface area contributed by atoms with Crippen LogP contribution in [0.25, 0.3) is 0 Å². The van der Waals surface area contributed by atoms with E-state index in [1.165, 1.54) is 33.5 Å². The molecule has 0 bridgehead atoms. The van der Waals surface area contributed by atoms with E-state index in [-0.39, 0.29) is 5.82 Å². The summed E-state index contributed by atoms with van der Waals surface area (Å²) in [7, 11) is 4.30. The van der Waals surface area contributed by atoms with Crippen LogP contribution in [0.15, 0.2) is 34.8 Å². The van der Waals surface area contributed by atoms with Crippen molar-refractivity contribution in [2.75, 3.05) is 26.6 Å². The van der Waals surface area contributed by atoms with Crippen LogP contribution in [0, 0.1) is 5.82 Å². The Morgan fingerprint density at radius 2 is 1.79 bits per heavy atom. The maximum atomic E-state index is 13.2. The molecule has 0 spiro atoms. The van der Waals surface area contributed by atoms with Crippen molar-refractivity contribution < 1.29 is 23.4 Å². The zero-order chi connectivity index (χ0) is 17.7. The molecule has 24 heavy (non-hydrogen) atoms. The Labute approximate surface area is 147 Å². The van der Waals surface area contributed by atoms with Crippen molar-refractivity contribution in [1.29, 1.82) is 0 Å². The van der Waals surface area contributed by atoms with Crippen LogP contribution >= 0.6 is 15.9 Å². The summed E-state index contributed by atoms with van der Waals surface area (Å²) in [5.41, 5.74) is 1.67. The molecule has 0 saturated carbocycles. The molecule has 5 nitrogen and oxygen atoms in total. The van der Waals surface area contributed by atoms with Gasteiger partial charge in [0.2, 0.25) is 0 Å². The van der Waals surface area contributed by atoms with Gasteiger partial charge in [0.1, 0.15) is 5.82 Å². The number of methoxy groups -OCH3 is 3. The Morgan fingerprint density at radius 3 is 2.38 bits per heavy atom. The molecule has 0 amide bonds. The normalized spacial score (nSPS) is 10.2. The van der Waals surface area contributed by atoms with E-state index in [1.807, 2.05) is 0 Å². The first kappa shape index (κ1) is 18.1. The summed E-state index contributed by atoms with van der Waals surface area (Å²) in [5.74, 6) is 0.0702. The quantitative estimate of drug-likeness (QED) is 0.746. The number of esters is 1. The van der Waals surface area contributed by atoms with E-state index in [0.717, 1.165) is 5.56 Å². The highest BCUT2D eigenvalue weighted by atomic mass is 79.9. The molecule has 1 N–H and O–H groups in total. The SMILES string of the molecule is COC(=O)c1cc(OC)c(OC)cc1NCc1ccc(F)cc1Br. The summed E-state index contributed by atoms with van der Waals surface area (Å²) < 4.78 is 29.1. The van der Waals surface area contributed by atoms with E-state index < -0.39 is 5.97 Å². The third-order valence-corrected chi connectivity index (χ3v) is 4.15. The smallest absolute Gasteiger partial charge is 0.340 e. The molecular formula is C17H17BrFNO4. The average molecular weight is 398 g/mol. The van der Waals surface area contributed by atoms with Gasteiger partial charge in [-0.2, -0.15) is 0 Å². The molecule has 0 aromatic heterocycles. The third-order valence-electron chi connectivity index (χ3n) is 3.41. The number of carbonyl (C=O) groups is 1. The van der Waals surface area contributed by atoms with E-state index in [2.05, 4.69) is 21.2 Å². The van der Waals surface area contributed by atoms with E-state index in [9.17, 15) is 9.18 Å². The van der Waals surface area contributed by atoms with Gasteiger partial charge in [0.15, 0.2) is 11.5 Å². The second-order valence-corrected chi connectivity index (χ2v) is 5.69. The van der Waals surface area contributed by atoms with Gasteiger partial charge < -0.3 is 19.5 Å². The summed E-state index contributed by atoms with van der Waals surface area (Å²) in [6, 6.07) is 7.62. The maximum Gasteiger partial charge on any atom is 0.340 e. The number of benzene rings is 2. The third kappa shape index (κ3) is 3.97.